The molecule has 1 saturated heterocycles. The molecule has 2 heterocycles. The quantitative estimate of drug-likeness (QED) is 0.813. The number of carbonyl (C=O) groups excluding carboxylic acids is 1. The van der Waals surface area contributed by atoms with Crippen molar-refractivity contribution in [1.82, 2.24) is 15.8 Å². The molecule has 0 radical (unpaired) electrons. The highest BCUT2D eigenvalue weighted by Crippen LogP contribution is 2.23. The maximum atomic E-state index is 12.4. The average Bonchev–Trinajstić information content (AvgIpc) is 3.01. The number of amides is 1. The number of rotatable bonds is 3. The number of carbonyl (C=O) groups is 1. The van der Waals surface area contributed by atoms with Gasteiger partial charge < -0.3 is 5.32 Å². The summed E-state index contributed by atoms with van der Waals surface area (Å²) in [5.41, 5.74) is 10.4. The topological polar surface area (TPSA) is 66.0 Å². The lowest BCUT2D eigenvalue weighted by Gasteiger charge is -2.13. The van der Waals surface area contributed by atoms with Crippen molar-refractivity contribution in [2.75, 3.05) is 5.32 Å². The molecular weight excluding hydrogens is 276 g/mol. The summed E-state index contributed by atoms with van der Waals surface area (Å²) < 4.78 is 0. The molecule has 1 aliphatic rings. The van der Waals surface area contributed by atoms with Crippen LogP contribution in [0.3, 0.4) is 0 Å². The number of nitrogens with one attached hydrogen (secondary N) is 3. The third kappa shape index (κ3) is 3.16. The van der Waals surface area contributed by atoms with E-state index >= 15 is 0 Å². The van der Waals surface area contributed by atoms with Crippen LogP contribution in [0.1, 0.15) is 29.2 Å². The molecule has 1 aliphatic heterocycles. The SMILES string of the molecule is Cc1ccc(NC(=O)C2CC(c3cccnc3)NN2)c(C)c1. The Balaban J connectivity index is 1.64. The van der Waals surface area contributed by atoms with E-state index < -0.39 is 0 Å². The Morgan fingerprint density at radius 1 is 1.27 bits per heavy atom. The zero-order valence-corrected chi connectivity index (χ0v) is 12.8. The summed E-state index contributed by atoms with van der Waals surface area (Å²) in [6.07, 6.45) is 4.27. The van der Waals surface area contributed by atoms with E-state index in [0.717, 1.165) is 16.8 Å². The zero-order valence-electron chi connectivity index (χ0n) is 12.8. The highest BCUT2D eigenvalue weighted by molar-refractivity contribution is 5.95. The molecular formula is C17H20N4O. The van der Waals surface area contributed by atoms with Gasteiger partial charge >= 0.3 is 0 Å². The lowest BCUT2D eigenvalue weighted by Crippen LogP contribution is -2.39. The minimum absolute atomic E-state index is 0.0224. The Morgan fingerprint density at radius 2 is 2.14 bits per heavy atom. The van der Waals surface area contributed by atoms with Crippen LogP contribution in [-0.2, 0) is 4.79 Å². The van der Waals surface area contributed by atoms with E-state index in [2.05, 4.69) is 27.2 Å². The summed E-state index contributed by atoms with van der Waals surface area (Å²) in [6.45, 7) is 4.04. The van der Waals surface area contributed by atoms with Crippen molar-refractivity contribution in [3.8, 4) is 0 Å². The Bertz CT molecular complexity index is 672. The Labute approximate surface area is 130 Å². The van der Waals surface area contributed by atoms with E-state index in [1.165, 1.54) is 5.56 Å². The van der Waals surface area contributed by atoms with Gasteiger partial charge in [-0.25, -0.2) is 10.9 Å². The fraction of sp³-hybridized carbons (Fsp3) is 0.294. The predicted molar refractivity (Wildman–Crippen MR) is 86.2 cm³/mol. The average molecular weight is 296 g/mol. The predicted octanol–water partition coefficient (Wildman–Crippen LogP) is 2.24. The van der Waals surface area contributed by atoms with Crippen molar-refractivity contribution in [2.45, 2.75) is 32.4 Å². The van der Waals surface area contributed by atoms with Crippen LogP contribution in [0, 0.1) is 13.8 Å². The Hall–Kier alpha value is -2.24. The first-order chi connectivity index (χ1) is 10.6. The lowest BCUT2D eigenvalue weighted by molar-refractivity contribution is -0.117. The van der Waals surface area contributed by atoms with Crippen LogP contribution in [0.15, 0.2) is 42.7 Å². The van der Waals surface area contributed by atoms with Crippen LogP contribution in [0.5, 0.6) is 0 Å². The monoisotopic (exact) mass is 296 g/mol. The molecule has 3 N–H and O–H groups in total. The van der Waals surface area contributed by atoms with Crippen LogP contribution in [-0.4, -0.2) is 16.9 Å². The summed E-state index contributed by atoms with van der Waals surface area (Å²) in [7, 11) is 0. The molecule has 0 aliphatic carbocycles. The zero-order chi connectivity index (χ0) is 15.5. The first kappa shape index (κ1) is 14.7. The summed E-state index contributed by atoms with van der Waals surface area (Å²) in [5.74, 6) is -0.0224. The minimum atomic E-state index is -0.258. The normalized spacial score (nSPS) is 20.8. The lowest BCUT2D eigenvalue weighted by atomic mass is 10.0. The van der Waals surface area contributed by atoms with Gasteiger partial charge in [-0.05, 0) is 43.5 Å². The van der Waals surface area contributed by atoms with E-state index in [4.69, 9.17) is 0 Å². The fourth-order valence-electron chi connectivity index (χ4n) is 2.70. The van der Waals surface area contributed by atoms with Crippen LogP contribution in [0.25, 0.3) is 0 Å². The second kappa shape index (κ2) is 6.25. The first-order valence-corrected chi connectivity index (χ1v) is 7.42. The molecule has 0 spiro atoms. The van der Waals surface area contributed by atoms with Gasteiger partial charge in [-0.3, -0.25) is 9.78 Å². The molecule has 5 nitrogen and oxygen atoms in total. The van der Waals surface area contributed by atoms with Gasteiger partial charge in [0.2, 0.25) is 5.91 Å². The fourth-order valence-corrected chi connectivity index (χ4v) is 2.70. The molecule has 22 heavy (non-hydrogen) atoms. The van der Waals surface area contributed by atoms with Crippen LogP contribution >= 0.6 is 0 Å². The molecule has 5 heteroatoms. The van der Waals surface area contributed by atoms with E-state index in [-0.39, 0.29) is 18.0 Å². The molecule has 0 saturated carbocycles. The third-order valence-electron chi connectivity index (χ3n) is 3.95. The van der Waals surface area contributed by atoms with Crippen molar-refractivity contribution >= 4 is 11.6 Å². The summed E-state index contributed by atoms with van der Waals surface area (Å²) >= 11 is 0. The standard InChI is InChI=1S/C17H20N4O/c1-11-5-6-14(12(2)8-11)19-17(22)16-9-15(20-21-16)13-4-3-7-18-10-13/h3-8,10,15-16,20-21H,9H2,1-2H3,(H,19,22). The molecule has 2 atom stereocenters. The van der Waals surface area contributed by atoms with Crippen molar-refractivity contribution in [2.24, 2.45) is 0 Å². The van der Waals surface area contributed by atoms with Gasteiger partial charge in [-0.15, -0.1) is 0 Å². The maximum Gasteiger partial charge on any atom is 0.242 e. The summed E-state index contributed by atoms with van der Waals surface area (Å²) in [6, 6.07) is 9.77. The first-order valence-electron chi connectivity index (χ1n) is 7.42. The number of hydrogen-bond acceptors (Lipinski definition) is 4. The highest BCUT2D eigenvalue weighted by atomic mass is 16.2. The molecule has 1 aromatic heterocycles. The van der Waals surface area contributed by atoms with E-state index in [1.54, 1.807) is 6.20 Å². The molecule has 0 bridgehead atoms. The smallest absolute Gasteiger partial charge is 0.242 e. The Kier molecular flexibility index (Phi) is 4.18. The van der Waals surface area contributed by atoms with Gasteiger partial charge in [0.1, 0.15) is 6.04 Å². The molecule has 3 rings (SSSR count). The number of nitrogens with zero attached hydrogens (tertiary/aromatic N) is 1. The van der Waals surface area contributed by atoms with Crippen molar-refractivity contribution < 1.29 is 4.79 Å². The van der Waals surface area contributed by atoms with E-state index in [1.807, 2.05) is 44.3 Å². The number of aromatic nitrogens is 1. The van der Waals surface area contributed by atoms with Crippen LogP contribution in [0.2, 0.25) is 0 Å². The summed E-state index contributed by atoms with van der Waals surface area (Å²) in [5, 5.41) is 2.99. The van der Waals surface area contributed by atoms with Gasteiger partial charge in [0.25, 0.3) is 0 Å². The van der Waals surface area contributed by atoms with Gasteiger partial charge in [0.05, 0.1) is 0 Å². The van der Waals surface area contributed by atoms with Crippen LogP contribution < -0.4 is 16.2 Å². The molecule has 2 aromatic rings. The number of anilines is 1. The highest BCUT2D eigenvalue weighted by Gasteiger charge is 2.30. The van der Waals surface area contributed by atoms with Crippen molar-refractivity contribution in [3.63, 3.8) is 0 Å². The van der Waals surface area contributed by atoms with Gasteiger partial charge in [-0.1, -0.05) is 23.8 Å². The van der Waals surface area contributed by atoms with Gasteiger partial charge in [0, 0.05) is 24.1 Å². The number of benzene rings is 1. The second-order valence-corrected chi connectivity index (χ2v) is 5.72. The third-order valence-corrected chi connectivity index (χ3v) is 3.95. The molecule has 1 amide bonds. The molecule has 1 aromatic carbocycles. The largest absolute Gasteiger partial charge is 0.324 e. The maximum absolute atomic E-state index is 12.4. The molecule has 114 valence electrons. The second-order valence-electron chi connectivity index (χ2n) is 5.72. The van der Waals surface area contributed by atoms with Crippen molar-refractivity contribution in [3.05, 3.63) is 59.4 Å². The van der Waals surface area contributed by atoms with Crippen molar-refractivity contribution in [1.29, 1.82) is 0 Å². The molecule has 2 unspecified atom stereocenters. The molecule has 1 fully saturated rings. The Morgan fingerprint density at radius 3 is 2.86 bits per heavy atom. The van der Waals surface area contributed by atoms with Gasteiger partial charge in [0.15, 0.2) is 0 Å². The number of pyridine rings is 1. The van der Waals surface area contributed by atoms with Gasteiger partial charge in [-0.2, -0.15) is 0 Å². The van der Waals surface area contributed by atoms with E-state index in [0.29, 0.717) is 6.42 Å². The van der Waals surface area contributed by atoms with Crippen LogP contribution in [0.4, 0.5) is 5.69 Å². The number of hydrazine groups is 1. The number of hydrogen-bond donors (Lipinski definition) is 3. The van der Waals surface area contributed by atoms with E-state index in [9.17, 15) is 4.79 Å². The summed E-state index contributed by atoms with van der Waals surface area (Å²) in [4.78, 5) is 16.5. The number of aryl methyl sites for hydroxylation is 2. The minimum Gasteiger partial charge on any atom is -0.324 e.